The maximum atomic E-state index is 13.3. The van der Waals surface area contributed by atoms with E-state index in [0.717, 1.165) is 34.6 Å². The highest BCUT2D eigenvalue weighted by Gasteiger charge is 2.35. The highest BCUT2D eigenvalue weighted by atomic mass is 16.2. The van der Waals surface area contributed by atoms with Gasteiger partial charge in [-0.1, -0.05) is 161 Å². The molecule has 0 aromatic heterocycles. The molecule has 0 bridgehead atoms. The maximum absolute atomic E-state index is 13.3. The van der Waals surface area contributed by atoms with Crippen LogP contribution in [0.1, 0.15) is 200 Å². The van der Waals surface area contributed by atoms with Crippen molar-refractivity contribution >= 4 is 11.8 Å². The molecule has 0 rings (SSSR count). The molecule has 52 heavy (non-hydrogen) atoms. The number of hydrogen-bond donors (Lipinski definition) is 3. The molecule has 1 unspecified atom stereocenters. The van der Waals surface area contributed by atoms with Crippen molar-refractivity contribution in [3.05, 3.63) is 12.2 Å². The minimum atomic E-state index is -0.504. The summed E-state index contributed by atoms with van der Waals surface area (Å²) < 4.78 is 1.53. The molecular formula is C45H93N5O2+2. The second-order valence-electron chi connectivity index (χ2n) is 17.7. The summed E-state index contributed by atoms with van der Waals surface area (Å²) in [5.74, 6) is -0.0366. The molecule has 7 heteroatoms. The quantitative estimate of drug-likeness (QED) is 0.0256. The zero-order chi connectivity index (χ0) is 38.8. The third kappa shape index (κ3) is 32.0. The predicted octanol–water partition coefficient (Wildman–Crippen LogP) is 10.8. The lowest BCUT2D eigenvalue weighted by Gasteiger charge is -2.42. The topological polar surface area (TPSA) is 70.2 Å². The molecule has 0 aromatic rings. The first-order valence-corrected chi connectivity index (χ1v) is 22.5. The number of carbonyl (C=O) groups is 2. The van der Waals surface area contributed by atoms with E-state index in [9.17, 15) is 9.59 Å². The normalized spacial score (nSPS) is 12.9. The van der Waals surface area contributed by atoms with Gasteiger partial charge in [-0.05, 0) is 44.9 Å². The largest absolute Gasteiger partial charge is 0.354 e. The molecule has 308 valence electrons. The van der Waals surface area contributed by atoms with Gasteiger partial charge in [0.1, 0.15) is 6.04 Å². The van der Waals surface area contributed by atoms with Crippen molar-refractivity contribution in [2.75, 3.05) is 55.4 Å². The average molecular weight is 736 g/mol. The molecule has 0 aliphatic rings. The van der Waals surface area contributed by atoms with E-state index in [4.69, 9.17) is 0 Å². The van der Waals surface area contributed by atoms with Gasteiger partial charge in [0.25, 0.3) is 6.29 Å². The highest BCUT2D eigenvalue weighted by molar-refractivity contribution is 5.87. The molecule has 3 N–H and O–H groups in total. The summed E-state index contributed by atoms with van der Waals surface area (Å²) in [5, 5.41) is 9.96. The number of unbranched alkanes of at least 4 members (excludes halogenated alkanes) is 24. The summed E-state index contributed by atoms with van der Waals surface area (Å²) in [6.07, 6.45) is 40.7. The number of quaternary nitrogens is 2. The first-order valence-electron chi connectivity index (χ1n) is 22.5. The number of allylic oxidation sites excluding steroid dienone is 2. The molecule has 0 heterocycles. The number of nitrogens with one attached hydrogen (secondary N) is 3. The Kier molecular flexibility index (Phi) is 33.1. The Bertz CT molecular complexity index is 834. The van der Waals surface area contributed by atoms with Crippen molar-refractivity contribution in [3.63, 3.8) is 0 Å². The number of carbonyl (C=O) groups excluding carboxylic acids is 2. The van der Waals surface area contributed by atoms with E-state index in [0.29, 0.717) is 25.9 Å². The molecule has 1 atom stereocenters. The van der Waals surface area contributed by atoms with Gasteiger partial charge in [-0.3, -0.25) is 18.6 Å². The van der Waals surface area contributed by atoms with Crippen LogP contribution in [-0.4, -0.2) is 88.5 Å². The SMILES string of the molecule is CCCCCCCC/C=C/CCCCCCCC(=O)NC(CCNC([N+](C)(C)C)[N+](C)(C)C)C(=O)NCCCCCCCCCCCCCCCC. The lowest BCUT2D eigenvalue weighted by atomic mass is 10.0. The molecule has 0 aromatic carbocycles. The van der Waals surface area contributed by atoms with Crippen molar-refractivity contribution < 1.29 is 18.6 Å². The standard InChI is InChI=1S/C45H91N5O2/c1-9-11-13-15-17-19-21-23-25-26-28-30-32-34-36-38-43(51)48-42(39-41-47-45(49(3,4)5)50(6,7)8)44(52)46-40-37-35-33-31-29-27-24-22-20-18-16-14-12-10-2/h23,25,42,45,47H,9-22,24,26-41H2,1-8H3/p+2/b25-23+. The van der Waals surface area contributed by atoms with Crippen molar-refractivity contribution in [1.29, 1.82) is 0 Å². The van der Waals surface area contributed by atoms with Crippen LogP contribution in [0.5, 0.6) is 0 Å². The summed E-state index contributed by atoms with van der Waals surface area (Å²) in [6.45, 7) is 5.91. The minimum absolute atomic E-state index is 0.00373. The summed E-state index contributed by atoms with van der Waals surface area (Å²) in [4.78, 5) is 26.3. The smallest absolute Gasteiger partial charge is 0.275 e. The fraction of sp³-hybridized carbons (Fsp3) is 0.911. The number of rotatable bonds is 38. The van der Waals surface area contributed by atoms with Crippen LogP contribution in [0.3, 0.4) is 0 Å². The molecule has 0 saturated heterocycles. The van der Waals surface area contributed by atoms with Crippen LogP contribution in [-0.2, 0) is 9.59 Å². The van der Waals surface area contributed by atoms with Crippen LogP contribution in [0.4, 0.5) is 0 Å². The first-order chi connectivity index (χ1) is 24.9. The zero-order valence-corrected chi connectivity index (χ0v) is 36.4. The van der Waals surface area contributed by atoms with Crippen LogP contribution in [0.15, 0.2) is 12.2 Å². The Morgan fingerprint density at radius 1 is 0.500 bits per heavy atom. The fourth-order valence-electron chi connectivity index (χ4n) is 7.49. The second-order valence-corrected chi connectivity index (χ2v) is 17.7. The van der Waals surface area contributed by atoms with E-state index in [2.05, 4.69) is 84.2 Å². The molecule has 0 aliphatic heterocycles. The molecule has 2 amide bonds. The Morgan fingerprint density at radius 2 is 0.885 bits per heavy atom. The summed E-state index contributed by atoms with van der Waals surface area (Å²) >= 11 is 0. The average Bonchev–Trinajstić information content (AvgIpc) is 3.08. The summed E-state index contributed by atoms with van der Waals surface area (Å²) in [5.41, 5.74) is 0. The Balaban J connectivity index is 4.43. The van der Waals surface area contributed by atoms with Gasteiger partial charge >= 0.3 is 0 Å². The Hall–Kier alpha value is -1.44. The van der Waals surface area contributed by atoms with Crippen molar-refractivity contribution in [2.45, 2.75) is 212 Å². The van der Waals surface area contributed by atoms with Crippen molar-refractivity contribution in [1.82, 2.24) is 16.0 Å². The van der Waals surface area contributed by atoms with Crippen LogP contribution < -0.4 is 16.0 Å². The van der Waals surface area contributed by atoms with E-state index in [-0.39, 0.29) is 18.1 Å². The maximum Gasteiger partial charge on any atom is 0.275 e. The van der Waals surface area contributed by atoms with Gasteiger partial charge in [-0.25, -0.2) is 5.32 Å². The number of nitrogens with zero attached hydrogens (tertiary/aromatic N) is 2. The lowest BCUT2D eigenvalue weighted by Crippen LogP contribution is -2.67. The van der Waals surface area contributed by atoms with Gasteiger partial charge in [0, 0.05) is 19.5 Å². The van der Waals surface area contributed by atoms with Crippen LogP contribution in [0.25, 0.3) is 0 Å². The molecule has 0 radical (unpaired) electrons. The van der Waals surface area contributed by atoms with Crippen LogP contribution in [0.2, 0.25) is 0 Å². The lowest BCUT2D eigenvalue weighted by molar-refractivity contribution is -1.09. The second kappa shape index (κ2) is 34.1. The van der Waals surface area contributed by atoms with Gasteiger partial charge < -0.3 is 10.6 Å². The zero-order valence-electron chi connectivity index (χ0n) is 36.4. The van der Waals surface area contributed by atoms with E-state index >= 15 is 0 Å². The van der Waals surface area contributed by atoms with Crippen molar-refractivity contribution in [2.24, 2.45) is 0 Å². The molecule has 7 nitrogen and oxygen atoms in total. The molecule has 0 saturated carbocycles. The third-order valence-corrected chi connectivity index (χ3v) is 10.4. The van der Waals surface area contributed by atoms with Gasteiger partial charge in [0.15, 0.2) is 0 Å². The Labute approximate surface area is 325 Å². The van der Waals surface area contributed by atoms with Crippen LogP contribution >= 0.6 is 0 Å². The van der Waals surface area contributed by atoms with E-state index in [1.807, 2.05) is 0 Å². The monoisotopic (exact) mass is 736 g/mol. The molecule has 0 aliphatic carbocycles. The van der Waals surface area contributed by atoms with Crippen molar-refractivity contribution in [3.8, 4) is 0 Å². The van der Waals surface area contributed by atoms with E-state index < -0.39 is 6.04 Å². The summed E-state index contributed by atoms with van der Waals surface area (Å²) in [6, 6.07) is -0.504. The van der Waals surface area contributed by atoms with Crippen LogP contribution in [0, 0.1) is 0 Å². The van der Waals surface area contributed by atoms with E-state index in [1.54, 1.807) is 0 Å². The first kappa shape index (κ1) is 50.6. The molecule has 0 fully saturated rings. The fourth-order valence-corrected chi connectivity index (χ4v) is 7.49. The van der Waals surface area contributed by atoms with Gasteiger partial charge in [0.05, 0.1) is 42.3 Å². The predicted molar refractivity (Wildman–Crippen MR) is 227 cm³/mol. The van der Waals surface area contributed by atoms with Gasteiger partial charge in [-0.15, -0.1) is 0 Å². The summed E-state index contributed by atoms with van der Waals surface area (Å²) in [7, 11) is 13.2. The highest BCUT2D eigenvalue weighted by Crippen LogP contribution is 2.14. The molecular weight excluding hydrogens is 643 g/mol. The number of hydrogen-bond acceptors (Lipinski definition) is 3. The van der Waals surface area contributed by atoms with Gasteiger partial charge in [0.2, 0.25) is 11.8 Å². The molecule has 0 spiro atoms. The third-order valence-electron chi connectivity index (χ3n) is 10.4. The number of amides is 2. The van der Waals surface area contributed by atoms with E-state index in [1.165, 1.54) is 148 Å². The minimum Gasteiger partial charge on any atom is -0.354 e. The van der Waals surface area contributed by atoms with Gasteiger partial charge in [-0.2, -0.15) is 0 Å². The Morgan fingerprint density at radius 3 is 1.31 bits per heavy atom.